The minimum Gasteiger partial charge on any atom is -0.394 e. The average molecular weight is 950 g/mol. The molecule has 0 aromatic carbocycles. The number of rotatable bonds is 48. The topological polar surface area (TPSA) is 169 Å². The lowest BCUT2D eigenvalue weighted by Crippen LogP contribution is -2.60. The van der Waals surface area contributed by atoms with Crippen molar-refractivity contribution < 1.29 is 44.9 Å². The van der Waals surface area contributed by atoms with Crippen molar-refractivity contribution >= 4 is 5.91 Å². The van der Waals surface area contributed by atoms with Gasteiger partial charge in [-0.25, -0.2) is 0 Å². The van der Waals surface area contributed by atoms with Crippen molar-refractivity contribution in [2.24, 2.45) is 0 Å². The summed E-state index contributed by atoms with van der Waals surface area (Å²) in [6.45, 7) is 3.63. The molecule has 0 bridgehead atoms. The van der Waals surface area contributed by atoms with Crippen LogP contribution in [0.15, 0.2) is 36.5 Å². The normalized spacial score (nSPS) is 20.4. The second-order valence-corrected chi connectivity index (χ2v) is 19.9. The summed E-state index contributed by atoms with van der Waals surface area (Å²) in [5.74, 6) is -0.617. The zero-order valence-corrected chi connectivity index (χ0v) is 43.3. The van der Waals surface area contributed by atoms with E-state index < -0.39 is 61.5 Å². The zero-order chi connectivity index (χ0) is 48.8. The van der Waals surface area contributed by atoms with Crippen LogP contribution in [-0.2, 0) is 14.3 Å². The van der Waals surface area contributed by atoms with Crippen molar-refractivity contribution in [2.75, 3.05) is 13.2 Å². The molecular formula is C57H107NO9. The number of hydrogen-bond acceptors (Lipinski definition) is 9. The van der Waals surface area contributed by atoms with Gasteiger partial charge in [0.2, 0.25) is 5.91 Å². The molecule has 67 heavy (non-hydrogen) atoms. The number of unbranched alkanes of at least 4 members (excludes halogenated alkanes) is 33. The van der Waals surface area contributed by atoms with E-state index in [4.69, 9.17) is 9.47 Å². The fraction of sp³-hybridized carbons (Fsp3) is 0.877. The highest BCUT2D eigenvalue weighted by atomic mass is 16.7. The Balaban J connectivity index is 2.27. The molecule has 1 saturated heterocycles. The van der Waals surface area contributed by atoms with Gasteiger partial charge in [0.25, 0.3) is 0 Å². The Morgan fingerprint density at radius 3 is 1.33 bits per heavy atom. The molecule has 8 unspecified atom stereocenters. The maximum absolute atomic E-state index is 13.1. The molecule has 0 radical (unpaired) electrons. The highest BCUT2D eigenvalue weighted by molar-refractivity contribution is 5.80. The van der Waals surface area contributed by atoms with Gasteiger partial charge in [0, 0.05) is 0 Å². The maximum Gasteiger partial charge on any atom is 0.249 e. The van der Waals surface area contributed by atoms with Crippen LogP contribution in [0, 0.1) is 0 Å². The Bertz CT molecular complexity index is 1160. The van der Waals surface area contributed by atoms with Crippen LogP contribution in [-0.4, -0.2) is 98.7 Å². The molecule has 1 aliphatic rings. The van der Waals surface area contributed by atoms with E-state index in [0.717, 1.165) is 44.9 Å². The third-order valence-electron chi connectivity index (χ3n) is 13.6. The minimum atomic E-state index is -1.61. The molecule has 394 valence electrons. The zero-order valence-electron chi connectivity index (χ0n) is 43.3. The first-order valence-corrected chi connectivity index (χ1v) is 28.3. The number of carbonyl (C=O) groups is 1. The molecule has 1 heterocycles. The maximum atomic E-state index is 13.1. The summed E-state index contributed by atoms with van der Waals surface area (Å²) >= 11 is 0. The van der Waals surface area contributed by atoms with Crippen LogP contribution in [0.2, 0.25) is 0 Å². The van der Waals surface area contributed by atoms with Crippen molar-refractivity contribution in [1.82, 2.24) is 5.32 Å². The monoisotopic (exact) mass is 950 g/mol. The lowest BCUT2D eigenvalue weighted by molar-refractivity contribution is -0.302. The SMILES string of the molecule is CCCCCCCCCCC/C=C\C/C=C\CCCCCCCCCCCCC(O)C(=O)NC(COC1OC(CO)C(O)C(O)C1O)C(O)/C=C/CCCCCCCCCCCCCCCC. The highest BCUT2D eigenvalue weighted by Gasteiger charge is 2.44. The van der Waals surface area contributed by atoms with Gasteiger partial charge in [0.05, 0.1) is 25.4 Å². The fourth-order valence-electron chi connectivity index (χ4n) is 8.96. The van der Waals surface area contributed by atoms with Crippen LogP contribution in [0.3, 0.4) is 0 Å². The van der Waals surface area contributed by atoms with Gasteiger partial charge in [-0.2, -0.15) is 0 Å². The third-order valence-corrected chi connectivity index (χ3v) is 13.6. The Hall–Kier alpha value is -1.63. The molecule has 10 heteroatoms. The number of hydrogen-bond donors (Lipinski definition) is 7. The molecule has 1 rings (SSSR count). The molecule has 0 aliphatic carbocycles. The van der Waals surface area contributed by atoms with Gasteiger partial charge >= 0.3 is 0 Å². The second kappa shape index (κ2) is 46.7. The Kier molecular flexibility index (Phi) is 44.2. The molecular weight excluding hydrogens is 843 g/mol. The van der Waals surface area contributed by atoms with Gasteiger partial charge in [0.15, 0.2) is 6.29 Å². The van der Waals surface area contributed by atoms with Crippen LogP contribution >= 0.6 is 0 Å². The standard InChI is InChI=1S/C57H107NO9/c1-3-5-7-9-11-13-15-17-19-21-22-23-24-25-26-27-28-29-30-32-34-36-38-40-42-44-46-51(61)56(65)58-49(48-66-57-55(64)54(63)53(62)52(47-59)67-57)50(60)45-43-41-39-37-35-33-31-20-18-16-14-12-10-8-6-4-2/h22-23,25-26,43,45,49-55,57,59-64H,3-21,24,27-42,44,46-48H2,1-2H3,(H,58,65)/b23-22-,26-25-,45-43+. The summed E-state index contributed by atoms with van der Waals surface area (Å²) in [7, 11) is 0. The third kappa shape index (κ3) is 36.0. The van der Waals surface area contributed by atoms with E-state index in [0.29, 0.717) is 12.8 Å². The van der Waals surface area contributed by atoms with Gasteiger partial charge in [-0.1, -0.05) is 243 Å². The van der Waals surface area contributed by atoms with Crippen molar-refractivity contribution in [2.45, 2.75) is 307 Å². The number of allylic oxidation sites excluding steroid dienone is 5. The van der Waals surface area contributed by atoms with Crippen molar-refractivity contribution in [3.63, 3.8) is 0 Å². The number of aliphatic hydroxyl groups is 6. The fourth-order valence-corrected chi connectivity index (χ4v) is 8.96. The summed E-state index contributed by atoms with van der Waals surface area (Å²) in [4.78, 5) is 13.1. The van der Waals surface area contributed by atoms with Gasteiger partial charge in [-0.3, -0.25) is 4.79 Å². The van der Waals surface area contributed by atoms with E-state index >= 15 is 0 Å². The number of aliphatic hydroxyl groups excluding tert-OH is 6. The van der Waals surface area contributed by atoms with Crippen molar-refractivity contribution in [3.05, 3.63) is 36.5 Å². The summed E-state index contributed by atoms with van der Waals surface area (Å²) < 4.78 is 11.2. The van der Waals surface area contributed by atoms with Crippen LogP contribution in [0.4, 0.5) is 0 Å². The molecule has 8 atom stereocenters. The molecule has 1 amide bonds. The van der Waals surface area contributed by atoms with Crippen molar-refractivity contribution in [3.8, 4) is 0 Å². The number of carbonyl (C=O) groups excluding carboxylic acids is 1. The smallest absolute Gasteiger partial charge is 0.249 e. The first-order chi connectivity index (χ1) is 32.8. The predicted octanol–water partition coefficient (Wildman–Crippen LogP) is 12.5. The average Bonchev–Trinajstić information content (AvgIpc) is 3.33. The molecule has 1 fully saturated rings. The number of ether oxygens (including phenoxy) is 2. The lowest BCUT2D eigenvalue weighted by Gasteiger charge is -2.40. The molecule has 0 saturated carbocycles. The van der Waals surface area contributed by atoms with Crippen molar-refractivity contribution in [1.29, 1.82) is 0 Å². The molecule has 0 spiro atoms. The summed E-state index contributed by atoms with van der Waals surface area (Å²) in [6, 6.07) is -0.982. The van der Waals surface area contributed by atoms with E-state index in [-0.39, 0.29) is 6.61 Å². The Labute approximate surface area is 411 Å². The summed E-state index contributed by atoms with van der Waals surface area (Å²) in [6.07, 6.45) is 49.5. The predicted molar refractivity (Wildman–Crippen MR) is 278 cm³/mol. The molecule has 0 aromatic heterocycles. The van der Waals surface area contributed by atoms with Gasteiger partial charge < -0.3 is 45.4 Å². The van der Waals surface area contributed by atoms with E-state index in [1.165, 1.54) is 186 Å². The van der Waals surface area contributed by atoms with E-state index in [2.05, 4.69) is 43.5 Å². The van der Waals surface area contributed by atoms with Crippen LogP contribution < -0.4 is 5.32 Å². The first-order valence-electron chi connectivity index (χ1n) is 28.3. The highest BCUT2D eigenvalue weighted by Crippen LogP contribution is 2.23. The quantitative estimate of drug-likeness (QED) is 0.0232. The van der Waals surface area contributed by atoms with E-state index in [9.17, 15) is 35.4 Å². The first kappa shape index (κ1) is 63.4. The van der Waals surface area contributed by atoms with E-state index in [1.807, 2.05) is 6.08 Å². The van der Waals surface area contributed by atoms with Gasteiger partial charge in [-0.15, -0.1) is 0 Å². The second-order valence-electron chi connectivity index (χ2n) is 19.9. The van der Waals surface area contributed by atoms with E-state index in [1.54, 1.807) is 6.08 Å². The Morgan fingerprint density at radius 1 is 0.522 bits per heavy atom. The number of amides is 1. The van der Waals surface area contributed by atoms with Crippen LogP contribution in [0.1, 0.15) is 258 Å². The summed E-state index contributed by atoms with van der Waals surface area (Å²) in [5.41, 5.74) is 0. The number of nitrogens with one attached hydrogen (secondary N) is 1. The molecule has 10 nitrogen and oxygen atoms in total. The van der Waals surface area contributed by atoms with Crippen LogP contribution in [0.25, 0.3) is 0 Å². The van der Waals surface area contributed by atoms with Gasteiger partial charge in [0.1, 0.15) is 30.5 Å². The molecule has 0 aromatic rings. The lowest BCUT2D eigenvalue weighted by atomic mass is 9.99. The molecule has 1 aliphatic heterocycles. The summed E-state index contributed by atoms with van der Waals surface area (Å²) in [5, 5.41) is 65.0. The largest absolute Gasteiger partial charge is 0.394 e. The van der Waals surface area contributed by atoms with Crippen LogP contribution in [0.5, 0.6) is 0 Å². The minimum absolute atomic E-state index is 0.306. The van der Waals surface area contributed by atoms with Gasteiger partial charge in [-0.05, 0) is 51.4 Å². The molecule has 7 N–H and O–H groups in total. The Morgan fingerprint density at radius 2 is 0.910 bits per heavy atom.